The van der Waals surface area contributed by atoms with Crippen molar-refractivity contribution in [3.05, 3.63) is 47.5 Å². The lowest BCUT2D eigenvalue weighted by molar-refractivity contribution is 0.0683. The predicted molar refractivity (Wildman–Crippen MR) is 85.4 cm³/mol. The Kier molecular flexibility index (Phi) is 4.88. The molecular weight excluding hydrogens is 392 g/mol. The summed E-state index contributed by atoms with van der Waals surface area (Å²) in [5.74, 6) is -3.12. The van der Waals surface area contributed by atoms with Gasteiger partial charge in [0.1, 0.15) is 9.79 Å². The summed E-state index contributed by atoms with van der Waals surface area (Å²) in [5, 5.41) is 17.9. The molecule has 0 aliphatic carbocycles. The number of carbonyl (C=O) groups is 2. The first-order valence-electron chi connectivity index (χ1n) is 6.53. The molecule has 10 nitrogen and oxygen atoms in total. The zero-order valence-corrected chi connectivity index (χ0v) is 14.2. The van der Waals surface area contributed by atoms with Gasteiger partial charge in [0.2, 0.25) is 0 Å². The molecule has 4 N–H and O–H groups in total. The van der Waals surface area contributed by atoms with Crippen LogP contribution in [0.25, 0.3) is 11.1 Å². The van der Waals surface area contributed by atoms with Gasteiger partial charge in [-0.3, -0.25) is 9.11 Å². The number of carboxylic acids is 2. The van der Waals surface area contributed by atoms with Gasteiger partial charge in [0.05, 0.1) is 11.1 Å². The third-order valence-electron chi connectivity index (χ3n) is 3.30. The second-order valence-electron chi connectivity index (χ2n) is 4.96. The molecule has 0 saturated carbocycles. The molecule has 0 fully saturated rings. The van der Waals surface area contributed by atoms with Crippen molar-refractivity contribution >= 4 is 32.2 Å². The zero-order valence-electron chi connectivity index (χ0n) is 12.5. The summed E-state index contributed by atoms with van der Waals surface area (Å²) in [6.07, 6.45) is 0. The minimum Gasteiger partial charge on any atom is -0.478 e. The molecule has 0 heterocycles. The molecule has 0 spiro atoms. The van der Waals surface area contributed by atoms with Gasteiger partial charge in [-0.15, -0.1) is 0 Å². The van der Waals surface area contributed by atoms with E-state index in [0.29, 0.717) is 0 Å². The maximum atomic E-state index is 11.7. The van der Waals surface area contributed by atoms with Gasteiger partial charge < -0.3 is 10.2 Å². The standard InChI is InChI=1S/C14H10O10S2/c15-13(16)8-3-1-7(2-4-8)9-5-6-10(14(17)18)12(26(22,23)24)11(9)25(19,20)21/h1-6H,(H,15,16)(H,17,18)(H,19,20,21)(H,22,23,24). The van der Waals surface area contributed by atoms with Crippen LogP contribution in [0.15, 0.2) is 46.2 Å². The SMILES string of the molecule is O=C(O)c1ccc(-c2ccc(C(=O)O)c(S(=O)(=O)O)c2S(=O)(=O)O)cc1. The van der Waals surface area contributed by atoms with E-state index in [9.17, 15) is 35.5 Å². The van der Waals surface area contributed by atoms with E-state index in [4.69, 9.17) is 10.2 Å². The number of carboxylic acid groups (broad SMARTS) is 2. The highest BCUT2D eigenvalue weighted by Gasteiger charge is 2.33. The molecule has 0 amide bonds. The summed E-state index contributed by atoms with van der Waals surface area (Å²) in [6, 6.07) is 6.08. The second-order valence-corrected chi connectivity index (χ2v) is 7.67. The zero-order chi connectivity index (χ0) is 19.9. The molecule has 138 valence electrons. The van der Waals surface area contributed by atoms with Crippen molar-refractivity contribution in [2.24, 2.45) is 0 Å². The van der Waals surface area contributed by atoms with Crippen LogP contribution in [0.1, 0.15) is 20.7 Å². The topological polar surface area (TPSA) is 183 Å². The molecule has 2 aromatic carbocycles. The van der Waals surface area contributed by atoms with Gasteiger partial charge >= 0.3 is 11.9 Å². The second kappa shape index (κ2) is 6.49. The third-order valence-corrected chi connectivity index (χ3v) is 5.31. The molecule has 2 rings (SSSR count). The van der Waals surface area contributed by atoms with E-state index in [0.717, 1.165) is 36.4 Å². The van der Waals surface area contributed by atoms with Crippen molar-refractivity contribution in [3.63, 3.8) is 0 Å². The Balaban J connectivity index is 2.96. The van der Waals surface area contributed by atoms with Gasteiger partial charge in [0, 0.05) is 5.56 Å². The molecule has 0 atom stereocenters. The normalized spacial score (nSPS) is 11.9. The van der Waals surface area contributed by atoms with Gasteiger partial charge in [0.25, 0.3) is 20.2 Å². The van der Waals surface area contributed by atoms with Crippen LogP contribution in [0.4, 0.5) is 0 Å². The average molecular weight is 402 g/mol. The fourth-order valence-corrected chi connectivity index (χ4v) is 4.48. The lowest BCUT2D eigenvalue weighted by atomic mass is 10.0. The summed E-state index contributed by atoms with van der Waals surface area (Å²) in [4.78, 5) is 19.2. The predicted octanol–water partition coefficient (Wildman–Crippen LogP) is 1.24. The Morgan fingerprint density at radius 3 is 1.58 bits per heavy atom. The Bertz CT molecular complexity index is 1110. The number of benzene rings is 2. The minimum atomic E-state index is -5.36. The number of aromatic carboxylic acids is 2. The van der Waals surface area contributed by atoms with Crippen LogP contribution in [0.2, 0.25) is 0 Å². The molecule has 0 unspecified atom stereocenters. The van der Waals surface area contributed by atoms with Crippen LogP contribution in [-0.4, -0.2) is 48.1 Å². The molecule has 0 bridgehead atoms. The first-order valence-corrected chi connectivity index (χ1v) is 9.41. The van der Waals surface area contributed by atoms with Crippen LogP contribution < -0.4 is 0 Å². The van der Waals surface area contributed by atoms with Gasteiger partial charge in [-0.05, 0) is 23.8 Å². The van der Waals surface area contributed by atoms with Crippen molar-refractivity contribution < 1.29 is 45.7 Å². The van der Waals surface area contributed by atoms with Crippen LogP contribution in [0.3, 0.4) is 0 Å². The maximum Gasteiger partial charge on any atom is 0.337 e. The van der Waals surface area contributed by atoms with E-state index in [2.05, 4.69) is 0 Å². The fourth-order valence-electron chi connectivity index (χ4n) is 2.26. The first kappa shape index (κ1) is 19.5. The van der Waals surface area contributed by atoms with Gasteiger partial charge in [-0.25, -0.2) is 9.59 Å². The van der Waals surface area contributed by atoms with Crippen molar-refractivity contribution in [2.45, 2.75) is 9.79 Å². The third kappa shape index (κ3) is 3.72. The Morgan fingerprint density at radius 1 is 0.692 bits per heavy atom. The molecule has 0 radical (unpaired) electrons. The van der Waals surface area contributed by atoms with E-state index in [-0.39, 0.29) is 11.1 Å². The largest absolute Gasteiger partial charge is 0.478 e. The van der Waals surface area contributed by atoms with Crippen molar-refractivity contribution in [1.29, 1.82) is 0 Å². The Labute approximate surface area is 146 Å². The average Bonchev–Trinajstić information content (AvgIpc) is 2.51. The van der Waals surface area contributed by atoms with Crippen molar-refractivity contribution in [2.75, 3.05) is 0 Å². The molecule has 0 aliphatic rings. The molecule has 12 heteroatoms. The number of rotatable bonds is 5. The molecule has 26 heavy (non-hydrogen) atoms. The van der Waals surface area contributed by atoms with E-state index in [1.54, 1.807) is 0 Å². The quantitative estimate of drug-likeness (QED) is 0.531. The Morgan fingerprint density at radius 2 is 1.19 bits per heavy atom. The summed E-state index contributed by atoms with van der Waals surface area (Å²) in [7, 11) is -10.7. The van der Waals surface area contributed by atoms with E-state index >= 15 is 0 Å². The van der Waals surface area contributed by atoms with Crippen LogP contribution in [0.5, 0.6) is 0 Å². The van der Waals surface area contributed by atoms with E-state index in [1.165, 1.54) is 0 Å². The lowest BCUT2D eigenvalue weighted by Crippen LogP contribution is -2.15. The lowest BCUT2D eigenvalue weighted by Gasteiger charge is -2.13. The van der Waals surface area contributed by atoms with Gasteiger partial charge in [0.15, 0.2) is 0 Å². The molecule has 0 aliphatic heterocycles. The van der Waals surface area contributed by atoms with Crippen LogP contribution in [-0.2, 0) is 20.2 Å². The summed E-state index contributed by atoms with van der Waals surface area (Å²) < 4.78 is 65.4. The monoisotopic (exact) mass is 402 g/mol. The van der Waals surface area contributed by atoms with Crippen molar-refractivity contribution in [3.8, 4) is 11.1 Å². The number of hydrogen-bond acceptors (Lipinski definition) is 6. The maximum absolute atomic E-state index is 11.7. The van der Waals surface area contributed by atoms with Crippen LogP contribution in [0, 0.1) is 0 Å². The highest BCUT2D eigenvalue weighted by molar-refractivity contribution is 7.89. The highest BCUT2D eigenvalue weighted by Crippen LogP contribution is 2.35. The molecular formula is C14H10O10S2. The molecule has 0 saturated heterocycles. The summed E-state index contributed by atoms with van der Waals surface area (Å²) in [6.45, 7) is 0. The fraction of sp³-hybridized carbons (Fsp3) is 0. The van der Waals surface area contributed by atoms with Gasteiger partial charge in [-0.1, -0.05) is 18.2 Å². The van der Waals surface area contributed by atoms with Gasteiger partial charge in [-0.2, -0.15) is 16.8 Å². The molecule has 0 aromatic heterocycles. The molecule has 2 aromatic rings. The van der Waals surface area contributed by atoms with Crippen molar-refractivity contribution in [1.82, 2.24) is 0 Å². The van der Waals surface area contributed by atoms with E-state index in [1.807, 2.05) is 0 Å². The van der Waals surface area contributed by atoms with Crippen LogP contribution >= 0.6 is 0 Å². The number of hydrogen-bond donors (Lipinski definition) is 4. The smallest absolute Gasteiger partial charge is 0.337 e. The minimum absolute atomic E-state index is 0.0375. The Hall–Kier alpha value is -2.80. The summed E-state index contributed by atoms with van der Waals surface area (Å²) in [5.41, 5.74) is -1.70. The summed E-state index contributed by atoms with van der Waals surface area (Å²) >= 11 is 0. The highest BCUT2D eigenvalue weighted by atomic mass is 32.2. The first-order chi connectivity index (χ1) is 11.8. The van der Waals surface area contributed by atoms with E-state index < -0.39 is 53.1 Å².